The van der Waals surface area contributed by atoms with E-state index in [1.165, 1.54) is 6.92 Å². The van der Waals surface area contributed by atoms with E-state index in [-0.39, 0.29) is 12.4 Å². The van der Waals surface area contributed by atoms with E-state index in [2.05, 4.69) is 0 Å². The molecule has 0 spiro atoms. The number of aliphatic hydroxyl groups is 1. The van der Waals surface area contributed by atoms with Gasteiger partial charge in [-0.1, -0.05) is 6.42 Å². The summed E-state index contributed by atoms with van der Waals surface area (Å²) in [6.45, 7) is 3.27. The summed E-state index contributed by atoms with van der Waals surface area (Å²) < 4.78 is 4.77. The molecule has 1 N–H and O–H groups in total. The van der Waals surface area contributed by atoms with Gasteiger partial charge in [-0.25, -0.2) is 4.79 Å². The summed E-state index contributed by atoms with van der Waals surface area (Å²) in [7, 11) is 0. The highest BCUT2D eigenvalue weighted by Crippen LogP contribution is 2.30. The van der Waals surface area contributed by atoms with Gasteiger partial charge in [0.05, 0.1) is 12.5 Å². The summed E-state index contributed by atoms with van der Waals surface area (Å²) in [5, 5.41) is 10.0. The lowest BCUT2D eigenvalue weighted by molar-refractivity contribution is -0.172. The predicted molar refractivity (Wildman–Crippen MR) is 54.2 cm³/mol. The molecular formula is C11H18O4. The molecule has 0 aromatic carbocycles. The molecule has 15 heavy (non-hydrogen) atoms. The molecule has 4 heteroatoms. The Hall–Kier alpha value is -0.900. The molecule has 0 aliphatic heterocycles. The number of rotatable bonds is 3. The van der Waals surface area contributed by atoms with Crippen molar-refractivity contribution in [1.82, 2.24) is 0 Å². The summed E-state index contributed by atoms with van der Waals surface area (Å²) in [4.78, 5) is 23.1. The maximum atomic E-state index is 11.6. The fourth-order valence-corrected chi connectivity index (χ4v) is 2.00. The third-order valence-electron chi connectivity index (χ3n) is 2.92. The molecule has 0 aromatic heterocycles. The molecule has 0 amide bonds. The van der Waals surface area contributed by atoms with Gasteiger partial charge in [0.1, 0.15) is 5.78 Å². The average Bonchev–Trinajstić information content (AvgIpc) is 2.18. The van der Waals surface area contributed by atoms with Gasteiger partial charge < -0.3 is 9.84 Å². The fraction of sp³-hybridized carbons (Fsp3) is 0.818. The first-order valence-corrected chi connectivity index (χ1v) is 5.42. The molecule has 0 unspecified atom stereocenters. The second-order valence-corrected chi connectivity index (χ2v) is 4.13. The van der Waals surface area contributed by atoms with Gasteiger partial charge in [0.15, 0.2) is 5.60 Å². The molecule has 1 rings (SSSR count). The van der Waals surface area contributed by atoms with E-state index in [4.69, 9.17) is 4.74 Å². The maximum Gasteiger partial charge on any atom is 0.338 e. The van der Waals surface area contributed by atoms with Crippen LogP contribution in [0.15, 0.2) is 0 Å². The first-order chi connectivity index (χ1) is 7.00. The Kier molecular flexibility index (Phi) is 3.85. The van der Waals surface area contributed by atoms with Gasteiger partial charge in [-0.3, -0.25) is 4.79 Å². The van der Waals surface area contributed by atoms with Crippen molar-refractivity contribution < 1.29 is 19.4 Å². The van der Waals surface area contributed by atoms with Crippen LogP contribution in [0.3, 0.4) is 0 Å². The number of carbonyl (C=O) groups excluding carboxylic acids is 2. The summed E-state index contributed by atoms with van der Waals surface area (Å²) >= 11 is 0. The molecule has 0 radical (unpaired) electrons. The summed E-state index contributed by atoms with van der Waals surface area (Å²) in [5.74, 6) is -1.31. The van der Waals surface area contributed by atoms with Crippen LogP contribution in [-0.2, 0) is 14.3 Å². The summed E-state index contributed by atoms with van der Waals surface area (Å²) in [6.07, 6.45) is 2.77. The maximum absolute atomic E-state index is 11.6. The second kappa shape index (κ2) is 4.75. The standard InChI is InChI=1S/C11H18O4/c1-3-15-10(13)11(2,14)8-6-4-5-7-9(8)12/h8,14H,3-7H2,1-2H3/t8-,11-/m0/s1. The van der Waals surface area contributed by atoms with Crippen LogP contribution in [0, 0.1) is 5.92 Å². The minimum absolute atomic E-state index is 0.0284. The Labute approximate surface area is 89.6 Å². The van der Waals surface area contributed by atoms with Crippen molar-refractivity contribution in [1.29, 1.82) is 0 Å². The molecule has 1 aliphatic carbocycles. The van der Waals surface area contributed by atoms with Gasteiger partial charge in [-0.15, -0.1) is 0 Å². The van der Waals surface area contributed by atoms with Gasteiger partial charge in [-0.05, 0) is 26.7 Å². The van der Waals surface area contributed by atoms with Crippen molar-refractivity contribution in [2.45, 2.75) is 45.1 Å². The SMILES string of the molecule is CCOC(=O)[C@@](C)(O)[C@H]1CCCCC1=O. The highest BCUT2D eigenvalue weighted by atomic mass is 16.5. The molecule has 1 fully saturated rings. The van der Waals surface area contributed by atoms with Crippen LogP contribution in [0.5, 0.6) is 0 Å². The Balaban J connectivity index is 2.74. The van der Waals surface area contributed by atoms with Crippen LogP contribution in [0.4, 0.5) is 0 Å². The van der Waals surface area contributed by atoms with E-state index >= 15 is 0 Å². The third-order valence-corrected chi connectivity index (χ3v) is 2.92. The number of Topliss-reactive ketones (excluding diaryl/α,β-unsaturated/α-hetero) is 1. The van der Waals surface area contributed by atoms with Gasteiger partial charge in [-0.2, -0.15) is 0 Å². The smallest absolute Gasteiger partial charge is 0.338 e. The predicted octanol–water partition coefficient (Wildman–Crippen LogP) is 1.06. The summed E-state index contributed by atoms with van der Waals surface area (Å²) in [5.41, 5.74) is -1.66. The minimum atomic E-state index is -1.66. The molecule has 1 aliphatic rings. The van der Waals surface area contributed by atoms with E-state index < -0.39 is 17.5 Å². The van der Waals surface area contributed by atoms with Crippen LogP contribution >= 0.6 is 0 Å². The zero-order valence-corrected chi connectivity index (χ0v) is 9.28. The average molecular weight is 214 g/mol. The fourth-order valence-electron chi connectivity index (χ4n) is 2.00. The van der Waals surface area contributed by atoms with Crippen LogP contribution in [0.25, 0.3) is 0 Å². The molecular weight excluding hydrogens is 196 g/mol. The lowest BCUT2D eigenvalue weighted by Gasteiger charge is -2.32. The number of hydrogen-bond donors (Lipinski definition) is 1. The number of ketones is 1. The Morgan fingerprint density at radius 1 is 1.60 bits per heavy atom. The number of esters is 1. The van der Waals surface area contributed by atoms with Crippen molar-refractivity contribution in [3.63, 3.8) is 0 Å². The van der Waals surface area contributed by atoms with Crippen LogP contribution in [0.1, 0.15) is 39.5 Å². The van der Waals surface area contributed by atoms with Gasteiger partial charge >= 0.3 is 5.97 Å². The highest BCUT2D eigenvalue weighted by Gasteiger charge is 2.45. The van der Waals surface area contributed by atoms with Gasteiger partial charge in [0.2, 0.25) is 0 Å². The van der Waals surface area contributed by atoms with Crippen molar-refractivity contribution in [3.8, 4) is 0 Å². The van der Waals surface area contributed by atoms with Crippen LogP contribution in [0.2, 0.25) is 0 Å². The molecule has 2 atom stereocenters. The summed E-state index contributed by atoms with van der Waals surface area (Å²) in [6, 6.07) is 0. The molecule has 86 valence electrons. The van der Waals surface area contributed by atoms with Crippen LogP contribution in [-0.4, -0.2) is 29.1 Å². The Morgan fingerprint density at radius 3 is 2.80 bits per heavy atom. The third kappa shape index (κ3) is 2.56. The lowest BCUT2D eigenvalue weighted by Crippen LogP contribution is -2.48. The van der Waals surface area contributed by atoms with Crippen molar-refractivity contribution >= 4 is 11.8 Å². The quantitative estimate of drug-likeness (QED) is 0.713. The van der Waals surface area contributed by atoms with E-state index in [0.29, 0.717) is 12.8 Å². The normalized spacial score (nSPS) is 25.8. The van der Waals surface area contributed by atoms with Crippen molar-refractivity contribution in [2.24, 2.45) is 5.92 Å². The number of carbonyl (C=O) groups is 2. The van der Waals surface area contributed by atoms with Crippen LogP contribution < -0.4 is 0 Å². The number of ether oxygens (including phenoxy) is 1. The monoisotopic (exact) mass is 214 g/mol. The van der Waals surface area contributed by atoms with Gasteiger partial charge in [0.25, 0.3) is 0 Å². The molecule has 1 saturated carbocycles. The zero-order valence-electron chi connectivity index (χ0n) is 9.28. The van der Waals surface area contributed by atoms with E-state index in [1.807, 2.05) is 0 Å². The first-order valence-electron chi connectivity index (χ1n) is 5.42. The van der Waals surface area contributed by atoms with E-state index in [0.717, 1.165) is 12.8 Å². The minimum Gasteiger partial charge on any atom is -0.464 e. The molecule has 0 aromatic rings. The van der Waals surface area contributed by atoms with Crippen molar-refractivity contribution in [2.75, 3.05) is 6.61 Å². The largest absolute Gasteiger partial charge is 0.464 e. The molecule has 0 heterocycles. The highest BCUT2D eigenvalue weighted by molar-refractivity contribution is 5.91. The van der Waals surface area contributed by atoms with E-state index in [1.54, 1.807) is 6.92 Å². The first kappa shape index (κ1) is 12.2. The lowest BCUT2D eigenvalue weighted by atomic mass is 9.77. The Bertz CT molecular complexity index is 257. The topological polar surface area (TPSA) is 63.6 Å². The van der Waals surface area contributed by atoms with E-state index in [9.17, 15) is 14.7 Å². The second-order valence-electron chi connectivity index (χ2n) is 4.13. The molecule has 4 nitrogen and oxygen atoms in total. The zero-order chi connectivity index (χ0) is 11.5. The van der Waals surface area contributed by atoms with Gasteiger partial charge in [0, 0.05) is 6.42 Å². The number of hydrogen-bond acceptors (Lipinski definition) is 4. The van der Waals surface area contributed by atoms with Crippen molar-refractivity contribution in [3.05, 3.63) is 0 Å². The Morgan fingerprint density at radius 2 is 2.27 bits per heavy atom. The molecule has 0 saturated heterocycles. The molecule has 0 bridgehead atoms.